The Labute approximate surface area is 191 Å². The first-order valence-electron chi connectivity index (χ1n) is 12.6. The number of nitrogens with zero attached hydrogens (tertiary/aromatic N) is 1. The van der Waals surface area contributed by atoms with Crippen LogP contribution < -0.4 is 0 Å². The van der Waals surface area contributed by atoms with Crippen LogP contribution in [-0.2, 0) is 9.47 Å². The highest BCUT2D eigenvalue weighted by Crippen LogP contribution is 2.30. The summed E-state index contributed by atoms with van der Waals surface area (Å²) in [4.78, 5) is 13.4. The molecule has 0 aromatic carbocycles. The number of hydrogen-bond donors (Lipinski definition) is 1. The van der Waals surface area contributed by atoms with E-state index in [1.165, 1.54) is 75.5 Å². The Kier molecular flexibility index (Phi) is 12.8. The summed E-state index contributed by atoms with van der Waals surface area (Å²) in [5, 5.41) is 9.78. The Hall–Kier alpha value is -1.07. The van der Waals surface area contributed by atoms with E-state index >= 15 is 0 Å². The molecule has 1 fully saturated rings. The van der Waals surface area contributed by atoms with Crippen molar-refractivity contribution in [1.82, 2.24) is 4.90 Å². The van der Waals surface area contributed by atoms with Gasteiger partial charge in [-0.2, -0.15) is 0 Å². The topological polar surface area (TPSA) is 59.0 Å². The van der Waals surface area contributed by atoms with Gasteiger partial charge in [0, 0.05) is 5.54 Å². The van der Waals surface area contributed by atoms with Crippen LogP contribution in [-0.4, -0.2) is 46.2 Å². The van der Waals surface area contributed by atoms with Crippen LogP contribution in [0.4, 0.5) is 4.79 Å². The molecular formula is C26H49NO4. The minimum Gasteiger partial charge on any atom is -0.465 e. The highest BCUT2D eigenvalue weighted by molar-refractivity contribution is 5.66. The Morgan fingerprint density at radius 2 is 1.52 bits per heavy atom. The molecule has 5 heteroatoms. The van der Waals surface area contributed by atoms with Gasteiger partial charge in [-0.3, -0.25) is 4.90 Å². The highest BCUT2D eigenvalue weighted by atomic mass is 16.7. The number of hydrogen-bond acceptors (Lipinski definition) is 3. The Morgan fingerprint density at radius 3 is 2.00 bits per heavy atom. The number of unbranched alkanes of at least 4 members (excludes halogenated alkanes) is 11. The maximum absolute atomic E-state index is 11.9. The minimum absolute atomic E-state index is 0.299. The monoisotopic (exact) mass is 439 g/mol. The number of allylic oxidation sites excluding steroid dienone is 1. The van der Waals surface area contributed by atoms with E-state index in [1.807, 2.05) is 40.7 Å². The fourth-order valence-corrected chi connectivity index (χ4v) is 4.29. The molecule has 5 nitrogen and oxygen atoms in total. The molecule has 0 spiro atoms. The van der Waals surface area contributed by atoms with Crippen LogP contribution in [0.2, 0.25) is 0 Å². The van der Waals surface area contributed by atoms with E-state index in [4.69, 9.17) is 9.47 Å². The number of carbonyl (C=O) groups is 1. The molecule has 1 N–H and O–H groups in total. The molecule has 1 saturated heterocycles. The van der Waals surface area contributed by atoms with E-state index in [9.17, 15) is 9.90 Å². The third kappa shape index (κ3) is 11.4. The van der Waals surface area contributed by atoms with Gasteiger partial charge in [-0.25, -0.2) is 4.79 Å². The van der Waals surface area contributed by atoms with Gasteiger partial charge in [-0.15, -0.1) is 0 Å². The van der Waals surface area contributed by atoms with Gasteiger partial charge < -0.3 is 14.6 Å². The van der Waals surface area contributed by atoms with Gasteiger partial charge in [0.25, 0.3) is 0 Å². The van der Waals surface area contributed by atoms with Crippen molar-refractivity contribution in [2.45, 2.75) is 142 Å². The van der Waals surface area contributed by atoms with Gasteiger partial charge in [0.1, 0.15) is 6.10 Å². The minimum atomic E-state index is -0.937. The first kappa shape index (κ1) is 28.0. The third-order valence-corrected chi connectivity index (χ3v) is 5.96. The molecule has 1 aliphatic heterocycles. The molecule has 0 saturated carbocycles. The van der Waals surface area contributed by atoms with Crippen molar-refractivity contribution >= 4 is 6.09 Å². The smallest absolute Gasteiger partial charge is 0.408 e. The lowest BCUT2D eigenvalue weighted by Gasteiger charge is -2.47. The average molecular weight is 440 g/mol. The van der Waals surface area contributed by atoms with Crippen molar-refractivity contribution in [3.05, 3.63) is 12.2 Å². The maximum atomic E-state index is 11.9. The van der Waals surface area contributed by atoms with Crippen molar-refractivity contribution in [3.63, 3.8) is 0 Å². The highest BCUT2D eigenvalue weighted by Gasteiger charge is 2.43. The van der Waals surface area contributed by atoms with Crippen LogP contribution in [0.5, 0.6) is 0 Å². The number of carboxylic acid groups (broad SMARTS) is 1. The molecule has 2 atom stereocenters. The lowest BCUT2D eigenvalue weighted by molar-refractivity contribution is -0.284. The van der Waals surface area contributed by atoms with Gasteiger partial charge >= 0.3 is 6.09 Å². The molecule has 1 heterocycles. The van der Waals surface area contributed by atoms with Crippen LogP contribution in [0.3, 0.4) is 0 Å². The van der Waals surface area contributed by atoms with E-state index in [0.717, 1.165) is 6.42 Å². The Balaban J connectivity index is 2.37. The maximum Gasteiger partial charge on any atom is 0.408 e. The zero-order valence-electron chi connectivity index (χ0n) is 21.1. The molecule has 1 rings (SSSR count). The lowest BCUT2D eigenvalue weighted by atomic mass is 9.98. The zero-order valence-corrected chi connectivity index (χ0v) is 21.1. The lowest BCUT2D eigenvalue weighted by Crippen LogP contribution is -2.61. The molecule has 182 valence electrons. The average Bonchev–Trinajstić information content (AvgIpc) is 2.65. The summed E-state index contributed by atoms with van der Waals surface area (Å²) in [5.41, 5.74) is -0.521. The van der Waals surface area contributed by atoms with Crippen LogP contribution in [0.15, 0.2) is 12.2 Å². The van der Waals surface area contributed by atoms with Gasteiger partial charge in [0.2, 0.25) is 0 Å². The molecule has 0 aromatic rings. The predicted octanol–water partition coefficient (Wildman–Crippen LogP) is 7.54. The standard InChI is InChI=1S/C26H49NO4/c1-7-8-9-10-11-12-13-14-15-16-17-18-19-20-23-22(21-30-26(5,6)31-23)27(24(28)29)25(2,3)4/h19-20,22-23H,7-18,21H2,1-6H3,(H,28,29). The van der Waals surface area contributed by atoms with E-state index in [1.54, 1.807) is 0 Å². The summed E-state index contributed by atoms with van der Waals surface area (Å²) >= 11 is 0. The van der Waals surface area contributed by atoms with Gasteiger partial charge in [0.05, 0.1) is 12.6 Å². The quantitative estimate of drug-likeness (QED) is 0.224. The molecule has 0 bridgehead atoms. The second-order valence-electron chi connectivity index (χ2n) is 10.4. The number of ether oxygens (including phenoxy) is 2. The number of rotatable bonds is 14. The fraction of sp³-hybridized carbons (Fsp3) is 0.885. The van der Waals surface area contributed by atoms with E-state index in [0.29, 0.717) is 6.61 Å². The van der Waals surface area contributed by atoms with Crippen LogP contribution in [0, 0.1) is 0 Å². The van der Waals surface area contributed by atoms with E-state index in [-0.39, 0.29) is 12.1 Å². The normalized spacial score (nSPS) is 21.5. The van der Waals surface area contributed by atoms with E-state index < -0.39 is 17.4 Å². The van der Waals surface area contributed by atoms with Crippen LogP contribution in [0.25, 0.3) is 0 Å². The van der Waals surface area contributed by atoms with Crippen LogP contribution >= 0.6 is 0 Å². The van der Waals surface area contributed by atoms with Crippen molar-refractivity contribution in [2.75, 3.05) is 6.61 Å². The molecular weight excluding hydrogens is 390 g/mol. The SMILES string of the molecule is CCCCCCCCCCCCCC=CC1OC(C)(C)OCC1N(C(=O)O)C(C)(C)C. The van der Waals surface area contributed by atoms with Gasteiger partial charge in [0.15, 0.2) is 5.79 Å². The molecule has 0 aliphatic carbocycles. The van der Waals surface area contributed by atoms with Crippen molar-refractivity contribution in [3.8, 4) is 0 Å². The Morgan fingerprint density at radius 1 is 1.00 bits per heavy atom. The third-order valence-electron chi connectivity index (χ3n) is 5.96. The molecule has 2 unspecified atom stereocenters. The van der Waals surface area contributed by atoms with Gasteiger partial charge in [-0.1, -0.05) is 83.3 Å². The van der Waals surface area contributed by atoms with Gasteiger partial charge in [-0.05, 0) is 47.5 Å². The summed E-state index contributed by atoms with van der Waals surface area (Å²) in [7, 11) is 0. The fourth-order valence-electron chi connectivity index (χ4n) is 4.29. The molecule has 0 aromatic heterocycles. The molecule has 0 radical (unpaired) electrons. The zero-order chi connectivity index (χ0) is 23.3. The summed E-state index contributed by atoms with van der Waals surface area (Å²) in [6.45, 7) is 12.1. The number of amides is 1. The first-order chi connectivity index (χ1) is 14.6. The summed E-state index contributed by atoms with van der Waals surface area (Å²) in [5.74, 6) is -0.704. The first-order valence-corrected chi connectivity index (χ1v) is 12.6. The second-order valence-corrected chi connectivity index (χ2v) is 10.4. The molecule has 1 amide bonds. The van der Waals surface area contributed by atoms with E-state index in [2.05, 4.69) is 13.0 Å². The summed E-state index contributed by atoms with van der Waals surface area (Å²) in [6.07, 6.45) is 18.7. The van der Waals surface area contributed by atoms with Crippen molar-refractivity contribution < 1.29 is 19.4 Å². The molecule has 31 heavy (non-hydrogen) atoms. The van der Waals surface area contributed by atoms with Crippen molar-refractivity contribution in [2.24, 2.45) is 0 Å². The second kappa shape index (κ2) is 14.2. The van der Waals surface area contributed by atoms with Crippen LogP contribution in [0.1, 0.15) is 119 Å². The predicted molar refractivity (Wildman–Crippen MR) is 129 cm³/mol. The van der Waals surface area contributed by atoms with Crippen molar-refractivity contribution in [1.29, 1.82) is 0 Å². The molecule has 1 aliphatic rings. The largest absolute Gasteiger partial charge is 0.465 e. The summed E-state index contributed by atoms with van der Waals surface area (Å²) < 4.78 is 11.9. The summed E-state index contributed by atoms with van der Waals surface area (Å²) in [6, 6.07) is -0.348. The Bertz CT molecular complexity index is 524.